The number of hydrogen-bond acceptors (Lipinski definition) is 1. The van der Waals surface area contributed by atoms with Crippen molar-refractivity contribution in [2.45, 2.75) is 24.7 Å². The maximum absolute atomic E-state index is 13.1. The number of piperidine rings is 1. The zero-order chi connectivity index (χ0) is 14.9. The third-order valence-electron chi connectivity index (χ3n) is 4.37. The Labute approximate surface area is 124 Å². The van der Waals surface area contributed by atoms with Gasteiger partial charge in [-0.3, -0.25) is 4.79 Å². The van der Waals surface area contributed by atoms with E-state index in [1.165, 1.54) is 17.7 Å². The number of rotatable bonds is 2. The van der Waals surface area contributed by atoms with Crippen molar-refractivity contribution in [3.8, 4) is 0 Å². The number of halogens is 1. The Bertz CT molecular complexity index is 638. The number of carbonyl (C=O) groups is 1. The van der Waals surface area contributed by atoms with Gasteiger partial charge in [-0.15, -0.1) is 0 Å². The van der Waals surface area contributed by atoms with Crippen LogP contribution in [0.25, 0.3) is 0 Å². The fraction of sp³-hybridized carbons (Fsp3) is 0.278. The van der Waals surface area contributed by atoms with Crippen LogP contribution >= 0.6 is 0 Å². The fourth-order valence-electron chi connectivity index (χ4n) is 3.05. The first kappa shape index (κ1) is 13.8. The summed E-state index contributed by atoms with van der Waals surface area (Å²) in [7, 11) is 0. The van der Waals surface area contributed by atoms with Crippen LogP contribution in [0.2, 0.25) is 0 Å². The molecule has 108 valence electrons. The largest absolute Gasteiger partial charge is 0.355 e. The minimum absolute atomic E-state index is 0.0232. The number of carbonyl (C=O) groups excluding carboxylic acids is 1. The summed E-state index contributed by atoms with van der Waals surface area (Å²) in [4.78, 5) is 12.2. The molecule has 0 aliphatic carbocycles. The van der Waals surface area contributed by atoms with Crippen molar-refractivity contribution in [1.82, 2.24) is 5.32 Å². The van der Waals surface area contributed by atoms with Gasteiger partial charge in [0.1, 0.15) is 5.82 Å². The average molecular weight is 283 g/mol. The third-order valence-corrected chi connectivity index (χ3v) is 4.37. The standard InChI is InChI=1S/C18H18FNO/c1-18(14-5-3-2-4-6-14)11-16(17(21)20-12-18)13-7-9-15(19)10-8-13/h2-10,16H,11-12H2,1H3,(H,20,21). The van der Waals surface area contributed by atoms with E-state index in [0.717, 1.165) is 12.0 Å². The molecular weight excluding hydrogens is 265 g/mol. The van der Waals surface area contributed by atoms with Gasteiger partial charge in [0.15, 0.2) is 0 Å². The lowest BCUT2D eigenvalue weighted by molar-refractivity contribution is -0.125. The van der Waals surface area contributed by atoms with E-state index in [2.05, 4.69) is 24.4 Å². The van der Waals surface area contributed by atoms with Crippen molar-refractivity contribution in [3.63, 3.8) is 0 Å². The molecule has 3 heteroatoms. The predicted molar refractivity (Wildman–Crippen MR) is 80.6 cm³/mol. The number of benzene rings is 2. The predicted octanol–water partition coefficient (Wildman–Crippen LogP) is 3.39. The molecule has 1 saturated heterocycles. The van der Waals surface area contributed by atoms with Gasteiger partial charge in [0.25, 0.3) is 0 Å². The smallest absolute Gasteiger partial charge is 0.227 e. The Kier molecular flexibility index (Phi) is 3.50. The van der Waals surface area contributed by atoms with Crippen molar-refractivity contribution in [3.05, 3.63) is 71.5 Å². The van der Waals surface area contributed by atoms with Crippen LogP contribution in [-0.4, -0.2) is 12.5 Å². The van der Waals surface area contributed by atoms with Gasteiger partial charge in [-0.2, -0.15) is 0 Å². The summed E-state index contributed by atoms with van der Waals surface area (Å²) in [6.45, 7) is 2.80. The van der Waals surface area contributed by atoms with Crippen LogP contribution in [0.1, 0.15) is 30.4 Å². The van der Waals surface area contributed by atoms with E-state index in [1.807, 2.05) is 18.2 Å². The summed E-state index contributed by atoms with van der Waals surface area (Å²) in [5.74, 6) is -0.486. The minimum atomic E-state index is -0.277. The molecule has 1 aliphatic heterocycles. The number of nitrogens with one attached hydrogen (secondary N) is 1. The Morgan fingerprint density at radius 3 is 2.43 bits per heavy atom. The molecule has 2 unspecified atom stereocenters. The lowest BCUT2D eigenvalue weighted by Gasteiger charge is -2.38. The van der Waals surface area contributed by atoms with Crippen LogP contribution in [0.4, 0.5) is 4.39 Å². The van der Waals surface area contributed by atoms with Crippen LogP contribution in [-0.2, 0) is 10.2 Å². The normalized spacial score (nSPS) is 25.4. The SMILES string of the molecule is CC1(c2ccccc2)CNC(=O)C(c2ccc(F)cc2)C1. The summed E-state index contributed by atoms with van der Waals surface area (Å²) in [5.41, 5.74) is 1.99. The minimum Gasteiger partial charge on any atom is -0.355 e. The summed E-state index contributed by atoms with van der Waals surface area (Å²) in [6, 6.07) is 16.5. The highest BCUT2D eigenvalue weighted by molar-refractivity contribution is 5.85. The van der Waals surface area contributed by atoms with Crippen LogP contribution in [0.3, 0.4) is 0 Å². The molecule has 1 amide bonds. The Hall–Kier alpha value is -2.16. The Balaban J connectivity index is 1.91. The van der Waals surface area contributed by atoms with Gasteiger partial charge in [-0.25, -0.2) is 4.39 Å². The van der Waals surface area contributed by atoms with Gasteiger partial charge >= 0.3 is 0 Å². The quantitative estimate of drug-likeness (QED) is 0.899. The molecular formula is C18H18FNO. The van der Waals surface area contributed by atoms with E-state index < -0.39 is 0 Å². The summed E-state index contributed by atoms with van der Waals surface area (Å²) in [6.07, 6.45) is 0.731. The van der Waals surface area contributed by atoms with E-state index >= 15 is 0 Å². The Morgan fingerprint density at radius 2 is 1.76 bits per heavy atom. The monoisotopic (exact) mass is 283 g/mol. The first-order chi connectivity index (χ1) is 10.1. The van der Waals surface area contributed by atoms with Gasteiger partial charge in [0, 0.05) is 12.0 Å². The average Bonchev–Trinajstić information content (AvgIpc) is 2.52. The van der Waals surface area contributed by atoms with Crippen LogP contribution in [0, 0.1) is 5.82 Å². The maximum Gasteiger partial charge on any atom is 0.227 e. The molecule has 21 heavy (non-hydrogen) atoms. The van der Waals surface area contributed by atoms with Crippen molar-refractivity contribution in [1.29, 1.82) is 0 Å². The van der Waals surface area contributed by atoms with Crippen molar-refractivity contribution in [2.75, 3.05) is 6.54 Å². The zero-order valence-electron chi connectivity index (χ0n) is 12.0. The zero-order valence-corrected chi connectivity index (χ0v) is 12.0. The van der Waals surface area contributed by atoms with Crippen LogP contribution < -0.4 is 5.32 Å². The van der Waals surface area contributed by atoms with Gasteiger partial charge in [-0.1, -0.05) is 49.4 Å². The highest BCUT2D eigenvalue weighted by Gasteiger charge is 2.38. The van der Waals surface area contributed by atoms with Crippen LogP contribution in [0.15, 0.2) is 54.6 Å². The van der Waals surface area contributed by atoms with Gasteiger partial charge in [0.2, 0.25) is 5.91 Å². The van der Waals surface area contributed by atoms with E-state index in [9.17, 15) is 9.18 Å². The molecule has 3 rings (SSSR count). The first-order valence-electron chi connectivity index (χ1n) is 7.17. The molecule has 2 nitrogen and oxygen atoms in total. The molecule has 2 atom stereocenters. The molecule has 1 aliphatic rings. The highest BCUT2D eigenvalue weighted by atomic mass is 19.1. The summed E-state index contributed by atoms with van der Waals surface area (Å²) in [5, 5.41) is 3.00. The second-order valence-corrected chi connectivity index (χ2v) is 5.95. The third kappa shape index (κ3) is 2.68. The molecule has 0 aromatic heterocycles. The molecule has 1 fully saturated rings. The van der Waals surface area contributed by atoms with E-state index in [4.69, 9.17) is 0 Å². The van der Waals surface area contributed by atoms with Gasteiger partial charge < -0.3 is 5.32 Å². The van der Waals surface area contributed by atoms with Crippen LogP contribution in [0.5, 0.6) is 0 Å². The number of hydrogen-bond donors (Lipinski definition) is 1. The summed E-state index contributed by atoms with van der Waals surface area (Å²) >= 11 is 0. The van der Waals surface area contributed by atoms with E-state index in [0.29, 0.717) is 6.54 Å². The molecule has 1 N–H and O–H groups in total. The topological polar surface area (TPSA) is 29.1 Å². The van der Waals surface area contributed by atoms with E-state index in [1.54, 1.807) is 12.1 Å². The molecule has 0 bridgehead atoms. The molecule has 0 saturated carbocycles. The van der Waals surface area contributed by atoms with Crippen molar-refractivity contribution in [2.24, 2.45) is 0 Å². The second kappa shape index (κ2) is 5.32. The fourth-order valence-corrected chi connectivity index (χ4v) is 3.05. The molecule has 2 aromatic carbocycles. The first-order valence-corrected chi connectivity index (χ1v) is 7.17. The van der Waals surface area contributed by atoms with E-state index in [-0.39, 0.29) is 23.1 Å². The van der Waals surface area contributed by atoms with Crippen molar-refractivity contribution < 1.29 is 9.18 Å². The lowest BCUT2D eigenvalue weighted by atomic mass is 9.71. The highest BCUT2D eigenvalue weighted by Crippen LogP contribution is 2.37. The van der Waals surface area contributed by atoms with Gasteiger partial charge in [-0.05, 0) is 29.7 Å². The molecule has 0 radical (unpaired) electrons. The lowest BCUT2D eigenvalue weighted by Crippen LogP contribution is -2.48. The molecule has 0 spiro atoms. The van der Waals surface area contributed by atoms with Crippen molar-refractivity contribution >= 4 is 5.91 Å². The van der Waals surface area contributed by atoms with Gasteiger partial charge in [0.05, 0.1) is 5.92 Å². The maximum atomic E-state index is 13.1. The molecule has 2 aromatic rings. The number of amides is 1. The second-order valence-electron chi connectivity index (χ2n) is 5.95. The Morgan fingerprint density at radius 1 is 1.10 bits per heavy atom. The molecule has 1 heterocycles. The summed E-state index contributed by atoms with van der Waals surface area (Å²) < 4.78 is 13.1.